The molecule has 11 heavy (non-hydrogen) atoms. The number of hydrogen-bond acceptors (Lipinski definition) is 3. The molecule has 62 valence electrons. The third-order valence-electron chi connectivity index (χ3n) is 1.52. The fraction of sp³-hybridized carbons (Fsp3) is 0.500. The predicted molar refractivity (Wildman–Crippen MR) is 34.1 cm³/mol. The molecule has 0 aliphatic carbocycles. The second kappa shape index (κ2) is 3.14. The maximum atomic E-state index is 10.3. The van der Waals surface area contributed by atoms with E-state index in [-0.39, 0.29) is 12.7 Å². The minimum absolute atomic E-state index is 0.0579. The molecule has 0 saturated heterocycles. The van der Waals surface area contributed by atoms with Crippen molar-refractivity contribution >= 4 is 18.2 Å². The van der Waals surface area contributed by atoms with Gasteiger partial charge >= 0.3 is 11.9 Å². The van der Waals surface area contributed by atoms with Crippen molar-refractivity contribution in [3.8, 4) is 0 Å². The lowest BCUT2D eigenvalue weighted by molar-refractivity contribution is -0.165. The summed E-state index contributed by atoms with van der Waals surface area (Å²) in [6.45, 7) is 1.33. The molecule has 0 unspecified atom stereocenters. The first kappa shape index (κ1) is 9.61. The highest BCUT2D eigenvalue weighted by Gasteiger charge is 2.44. The molecule has 0 rings (SSSR count). The van der Waals surface area contributed by atoms with E-state index in [9.17, 15) is 14.4 Å². The number of hydrogen-bond donors (Lipinski definition) is 2. The van der Waals surface area contributed by atoms with E-state index in [2.05, 4.69) is 0 Å². The Hall–Kier alpha value is -1.39. The smallest absolute Gasteiger partial charge is 0.328 e. The van der Waals surface area contributed by atoms with Gasteiger partial charge in [-0.05, 0) is 6.42 Å². The van der Waals surface area contributed by atoms with Crippen LogP contribution in [0.3, 0.4) is 0 Å². The second-order valence-electron chi connectivity index (χ2n) is 2.05. The van der Waals surface area contributed by atoms with Crippen LogP contribution in [0.1, 0.15) is 13.3 Å². The van der Waals surface area contributed by atoms with Crippen LogP contribution in [0.5, 0.6) is 0 Å². The van der Waals surface area contributed by atoms with Crippen molar-refractivity contribution in [3.05, 3.63) is 0 Å². The minimum atomic E-state index is -2.26. The van der Waals surface area contributed by atoms with Crippen LogP contribution in [0.15, 0.2) is 0 Å². The van der Waals surface area contributed by atoms with Crippen LogP contribution in [-0.2, 0) is 14.4 Å². The third kappa shape index (κ3) is 1.36. The number of carbonyl (C=O) groups is 3. The normalized spacial score (nSPS) is 10.6. The Morgan fingerprint density at radius 3 is 1.73 bits per heavy atom. The molecule has 0 amide bonds. The molecule has 0 bridgehead atoms. The number of rotatable bonds is 4. The quantitative estimate of drug-likeness (QED) is 0.437. The average Bonchev–Trinajstić information content (AvgIpc) is 1.90. The molecule has 0 fully saturated rings. The van der Waals surface area contributed by atoms with Gasteiger partial charge in [0.05, 0.1) is 0 Å². The van der Waals surface area contributed by atoms with Gasteiger partial charge in [0.15, 0.2) is 0 Å². The summed E-state index contributed by atoms with van der Waals surface area (Å²) in [5.74, 6) is -3.25. The van der Waals surface area contributed by atoms with Crippen LogP contribution >= 0.6 is 0 Å². The number of carbonyl (C=O) groups excluding carboxylic acids is 1. The van der Waals surface area contributed by atoms with Crippen LogP contribution in [0.2, 0.25) is 0 Å². The third-order valence-corrected chi connectivity index (χ3v) is 1.52. The van der Waals surface area contributed by atoms with Gasteiger partial charge in [-0.3, -0.25) is 9.59 Å². The summed E-state index contributed by atoms with van der Waals surface area (Å²) in [4.78, 5) is 30.8. The molecule has 0 spiro atoms. The first-order chi connectivity index (χ1) is 5.01. The van der Waals surface area contributed by atoms with Gasteiger partial charge in [-0.2, -0.15) is 0 Å². The Balaban J connectivity index is 4.91. The Bertz CT molecular complexity index is 181. The number of carboxylic acid groups (broad SMARTS) is 2. The van der Waals surface area contributed by atoms with E-state index in [0.717, 1.165) is 0 Å². The van der Waals surface area contributed by atoms with Crippen molar-refractivity contribution in [2.75, 3.05) is 0 Å². The van der Waals surface area contributed by atoms with E-state index in [1.807, 2.05) is 0 Å². The summed E-state index contributed by atoms with van der Waals surface area (Å²) in [7, 11) is 0. The Kier molecular flexibility index (Phi) is 2.74. The van der Waals surface area contributed by atoms with Crippen molar-refractivity contribution in [2.45, 2.75) is 13.3 Å². The zero-order chi connectivity index (χ0) is 9.07. The van der Waals surface area contributed by atoms with Crippen molar-refractivity contribution in [1.29, 1.82) is 0 Å². The zero-order valence-electron chi connectivity index (χ0n) is 5.90. The standard InChI is InChI=1S/C6H8O5/c1-2-6(3-7,4(8)9)5(10)11/h3H,2H2,1H3,(H,8,9)(H,10,11). The number of aliphatic carboxylic acids is 2. The summed E-state index contributed by atoms with van der Waals surface area (Å²) in [5, 5.41) is 16.8. The second-order valence-corrected chi connectivity index (χ2v) is 2.05. The summed E-state index contributed by atoms with van der Waals surface area (Å²) in [5.41, 5.74) is -2.26. The minimum Gasteiger partial charge on any atom is -0.480 e. The fourth-order valence-electron chi connectivity index (χ4n) is 0.578. The molecular formula is C6H8O5. The largest absolute Gasteiger partial charge is 0.480 e. The van der Waals surface area contributed by atoms with E-state index < -0.39 is 17.4 Å². The molecule has 0 saturated carbocycles. The Morgan fingerprint density at radius 2 is 1.73 bits per heavy atom. The first-order valence-electron chi connectivity index (χ1n) is 2.94. The van der Waals surface area contributed by atoms with Gasteiger partial charge in [0.25, 0.3) is 0 Å². The summed E-state index contributed by atoms with van der Waals surface area (Å²) in [6.07, 6.45) is -0.307. The van der Waals surface area contributed by atoms with Gasteiger partial charge in [0.2, 0.25) is 5.41 Å². The molecule has 5 nitrogen and oxygen atoms in total. The Morgan fingerprint density at radius 1 is 1.36 bits per heavy atom. The Labute approximate surface area is 62.6 Å². The summed E-state index contributed by atoms with van der Waals surface area (Å²) < 4.78 is 0. The first-order valence-corrected chi connectivity index (χ1v) is 2.94. The lowest BCUT2D eigenvalue weighted by Gasteiger charge is -2.14. The monoisotopic (exact) mass is 160 g/mol. The van der Waals surface area contributed by atoms with Gasteiger partial charge in [-0.15, -0.1) is 0 Å². The highest BCUT2D eigenvalue weighted by Crippen LogP contribution is 2.18. The fourth-order valence-corrected chi connectivity index (χ4v) is 0.578. The van der Waals surface area contributed by atoms with Crippen molar-refractivity contribution in [3.63, 3.8) is 0 Å². The molecule has 0 radical (unpaired) electrons. The van der Waals surface area contributed by atoms with Crippen molar-refractivity contribution in [1.82, 2.24) is 0 Å². The molecule has 0 aromatic heterocycles. The van der Waals surface area contributed by atoms with E-state index in [0.29, 0.717) is 0 Å². The SMILES string of the molecule is CCC(C=O)(C(=O)O)C(=O)O. The number of carboxylic acids is 2. The predicted octanol–water partition coefficient (Wildman–Crippen LogP) is -0.249. The highest BCUT2D eigenvalue weighted by atomic mass is 16.4. The molecular weight excluding hydrogens is 152 g/mol. The molecule has 0 aliphatic heterocycles. The van der Waals surface area contributed by atoms with Crippen LogP contribution in [0.25, 0.3) is 0 Å². The van der Waals surface area contributed by atoms with E-state index in [4.69, 9.17) is 10.2 Å². The van der Waals surface area contributed by atoms with Gasteiger partial charge < -0.3 is 15.0 Å². The lowest BCUT2D eigenvalue weighted by atomic mass is 9.87. The van der Waals surface area contributed by atoms with E-state index in [1.54, 1.807) is 0 Å². The van der Waals surface area contributed by atoms with Crippen LogP contribution in [0.4, 0.5) is 0 Å². The average molecular weight is 160 g/mol. The molecule has 0 aromatic carbocycles. The molecule has 0 aromatic rings. The topological polar surface area (TPSA) is 91.7 Å². The van der Waals surface area contributed by atoms with Gasteiger partial charge in [0, 0.05) is 0 Å². The molecule has 2 N–H and O–H groups in total. The lowest BCUT2D eigenvalue weighted by Crippen LogP contribution is -2.40. The van der Waals surface area contributed by atoms with Crippen LogP contribution in [0, 0.1) is 5.41 Å². The summed E-state index contributed by atoms with van der Waals surface area (Å²) in [6, 6.07) is 0. The highest BCUT2D eigenvalue weighted by molar-refractivity contribution is 6.11. The van der Waals surface area contributed by atoms with Crippen molar-refractivity contribution in [2.24, 2.45) is 5.41 Å². The zero-order valence-corrected chi connectivity index (χ0v) is 5.90. The molecule has 0 heterocycles. The molecule has 0 atom stereocenters. The number of aldehydes is 1. The van der Waals surface area contributed by atoms with Gasteiger partial charge in [-0.25, -0.2) is 0 Å². The van der Waals surface area contributed by atoms with Crippen molar-refractivity contribution < 1.29 is 24.6 Å². The van der Waals surface area contributed by atoms with E-state index in [1.165, 1.54) is 6.92 Å². The molecule has 0 aliphatic rings. The van der Waals surface area contributed by atoms with E-state index >= 15 is 0 Å². The maximum absolute atomic E-state index is 10.3. The summed E-state index contributed by atoms with van der Waals surface area (Å²) >= 11 is 0. The van der Waals surface area contributed by atoms with Gasteiger partial charge in [0.1, 0.15) is 6.29 Å². The van der Waals surface area contributed by atoms with Crippen LogP contribution in [-0.4, -0.2) is 28.4 Å². The maximum Gasteiger partial charge on any atom is 0.328 e. The van der Waals surface area contributed by atoms with Crippen LogP contribution < -0.4 is 0 Å². The van der Waals surface area contributed by atoms with Gasteiger partial charge in [-0.1, -0.05) is 6.92 Å². The molecule has 5 heteroatoms.